The van der Waals surface area contributed by atoms with Crippen molar-refractivity contribution in [1.29, 1.82) is 0 Å². The number of nitrogen functional groups attached to an aromatic ring is 1. The summed E-state index contributed by atoms with van der Waals surface area (Å²) in [4.78, 5) is 16.4. The first kappa shape index (κ1) is 11.3. The van der Waals surface area contributed by atoms with E-state index in [9.17, 15) is 10.0 Å². The Labute approximate surface area is 108 Å². The summed E-state index contributed by atoms with van der Waals surface area (Å²) in [6.07, 6.45) is 0. The average molecular weight is 253 g/mol. The van der Waals surface area contributed by atoms with Crippen LogP contribution in [0.4, 0.5) is 5.69 Å². The molecule has 0 aliphatic heterocycles. The maximum atomic E-state index is 12.1. The molecule has 0 saturated heterocycles. The van der Waals surface area contributed by atoms with Crippen molar-refractivity contribution in [2.45, 2.75) is 0 Å². The molecule has 3 N–H and O–H groups in total. The quantitative estimate of drug-likeness (QED) is 0.512. The number of fused-ring (bicyclic) bond motifs is 1. The zero-order valence-corrected chi connectivity index (χ0v) is 9.95. The van der Waals surface area contributed by atoms with Gasteiger partial charge >= 0.3 is 0 Å². The van der Waals surface area contributed by atoms with Crippen LogP contribution in [0.25, 0.3) is 22.3 Å². The molecule has 2 aromatic carbocycles. The first-order chi connectivity index (χ1) is 9.18. The summed E-state index contributed by atoms with van der Waals surface area (Å²) in [5.41, 5.74) is 6.84. The fourth-order valence-electron chi connectivity index (χ4n) is 2.00. The van der Waals surface area contributed by atoms with Crippen LogP contribution in [0.15, 0.2) is 53.3 Å². The lowest BCUT2D eigenvalue weighted by molar-refractivity contribution is 0.178. The van der Waals surface area contributed by atoms with E-state index in [-0.39, 0.29) is 5.82 Å². The fourth-order valence-corrected chi connectivity index (χ4v) is 2.00. The molecule has 0 amide bonds. The predicted octanol–water partition coefficient (Wildman–Crippen LogP) is 1.88. The van der Waals surface area contributed by atoms with Crippen LogP contribution < -0.4 is 11.3 Å². The van der Waals surface area contributed by atoms with Gasteiger partial charge in [-0.1, -0.05) is 24.3 Å². The van der Waals surface area contributed by atoms with Crippen molar-refractivity contribution < 1.29 is 5.21 Å². The third-order valence-electron chi connectivity index (χ3n) is 2.96. The Morgan fingerprint density at radius 1 is 1.05 bits per heavy atom. The van der Waals surface area contributed by atoms with Crippen molar-refractivity contribution in [2.24, 2.45) is 0 Å². The molecule has 1 aromatic heterocycles. The first-order valence-electron chi connectivity index (χ1n) is 5.74. The predicted molar refractivity (Wildman–Crippen MR) is 73.0 cm³/mol. The number of hydrogen-bond acceptors (Lipinski definition) is 4. The van der Waals surface area contributed by atoms with Gasteiger partial charge in [0, 0.05) is 11.3 Å². The minimum Gasteiger partial charge on any atom is -0.423 e. The lowest BCUT2D eigenvalue weighted by Crippen LogP contribution is -2.21. The zero-order chi connectivity index (χ0) is 13.4. The van der Waals surface area contributed by atoms with Gasteiger partial charge in [0.05, 0.1) is 10.9 Å². The molecule has 0 aliphatic carbocycles. The molecule has 5 nitrogen and oxygen atoms in total. The lowest BCUT2D eigenvalue weighted by atomic mass is 10.1. The highest BCUT2D eigenvalue weighted by atomic mass is 16.5. The van der Waals surface area contributed by atoms with E-state index < -0.39 is 5.56 Å². The Bertz CT molecular complexity index is 824. The highest BCUT2D eigenvalue weighted by Gasteiger charge is 2.13. The van der Waals surface area contributed by atoms with E-state index in [0.29, 0.717) is 26.9 Å². The minimum absolute atomic E-state index is 0.141. The fraction of sp³-hybridized carbons (Fsp3) is 0. The van der Waals surface area contributed by atoms with Gasteiger partial charge in [0.2, 0.25) is 0 Å². The molecule has 0 atom stereocenters. The van der Waals surface area contributed by atoms with Gasteiger partial charge in [-0.15, -0.1) is 4.73 Å². The molecule has 0 aliphatic rings. The molecule has 0 bridgehead atoms. The molecule has 1 heterocycles. The van der Waals surface area contributed by atoms with Crippen LogP contribution in [0.5, 0.6) is 0 Å². The van der Waals surface area contributed by atoms with E-state index in [1.54, 1.807) is 48.5 Å². The van der Waals surface area contributed by atoms with Gasteiger partial charge in [0.1, 0.15) is 0 Å². The summed E-state index contributed by atoms with van der Waals surface area (Å²) in [7, 11) is 0. The maximum Gasteiger partial charge on any atom is 0.294 e. The van der Waals surface area contributed by atoms with Gasteiger partial charge in [-0.3, -0.25) is 4.79 Å². The average Bonchev–Trinajstić information content (AvgIpc) is 2.44. The number of anilines is 1. The number of nitrogens with zero attached hydrogens (tertiary/aromatic N) is 2. The van der Waals surface area contributed by atoms with Crippen LogP contribution in [0.1, 0.15) is 0 Å². The van der Waals surface area contributed by atoms with Crippen LogP contribution in [0.2, 0.25) is 0 Å². The summed E-state index contributed by atoms with van der Waals surface area (Å²) in [5.74, 6) is 0.141. The van der Waals surface area contributed by atoms with E-state index in [2.05, 4.69) is 4.98 Å². The molecule has 19 heavy (non-hydrogen) atoms. The topological polar surface area (TPSA) is 81.1 Å². The Morgan fingerprint density at radius 2 is 1.74 bits per heavy atom. The Hall–Kier alpha value is -2.82. The first-order valence-corrected chi connectivity index (χ1v) is 5.74. The molecule has 3 rings (SSSR count). The van der Waals surface area contributed by atoms with Crippen LogP contribution in [0.3, 0.4) is 0 Å². The molecule has 0 radical (unpaired) electrons. The van der Waals surface area contributed by atoms with Crippen molar-refractivity contribution in [3.8, 4) is 11.4 Å². The number of aromatic nitrogens is 2. The molecule has 0 unspecified atom stereocenters. The van der Waals surface area contributed by atoms with Crippen molar-refractivity contribution >= 4 is 16.6 Å². The summed E-state index contributed by atoms with van der Waals surface area (Å²) >= 11 is 0. The Kier molecular flexibility index (Phi) is 2.45. The molecule has 0 fully saturated rings. The van der Waals surface area contributed by atoms with Gasteiger partial charge in [0.15, 0.2) is 5.82 Å². The largest absolute Gasteiger partial charge is 0.423 e. The Balaban J connectivity index is 2.40. The van der Waals surface area contributed by atoms with Crippen molar-refractivity contribution in [3.05, 3.63) is 58.9 Å². The standard InChI is InChI=1S/C14H11N3O2/c15-11-7-3-1-5-9(11)13-16-12-8-4-2-6-10(12)14(18)17(13)19/h1-8,19H,15H2. The number of para-hydroxylation sites is 2. The molecule has 0 spiro atoms. The van der Waals surface area contributed by atoms with Crippen LogP contribution in [0, 0.1) is 0 Å². The van der Waals surface area contributed by atoms with Gasteiger partial charge in [-0.25, -0.2) is 4.98 Å². The number of nitrogens with two attached hydrogens (primary N) is 1. The molecule has 0 saturated carbocycles. The maximum absolute atomic E-state index is 12.1. The number of hydrogen-bond donors (Lipinski definition) is 2. The lowest BCUT2D eigenvalue weighted by Gasteiger charge is -2.09. The van der Waals surface area contributed by atoms with Crippen LogP contribution >= 0.6 is 0 Å². The second-order valence-corrected chi connectivity index (χ2v) is 4.16. The minimum atomic E-state index is -0.510. The van der Waals surface area contributed by atoms with E-state index in [1.165, 1.54) is 0 Å². The summed E-state index contributed by atoms with van der Waals surface area (Å²) in [6.45, 7) is 0. The van der Waals surface area contributed by atoms with Gasteiger partial charge in [0.25, 0.3) is 5.56 Å². The molecule has 3 aromatic rings. The molecular formula is C14H11N3O2. The Morgan fingerprint density at radius 3 is 2.53 bits per heavy atom. The van der Waals surface area contributed by atoms with Crippen molar-refractivity contribution in [1.82, 2.24) is 9.71 Å². The van der Waals surface area contributed by atoms with Crippen LogP contribution in [-0.2, 0) is 0 Å². The van der Waals surface area contributed by atoms with Gasteiger partial charge < -0.3 is 10.9 Å². The highest BCUT2D eigenvalue weighted by molar-refractivity contribution is 5.81. The summed E-state index contributed by atoms with van der Waals surface area (Å²) in [5, 5.41) is 10.3. The van der Waals surface area contributed by atoms with Crippen molar-refractivity contribution in [2.75, 3.05) is 5.73 Å². The number of rotatable bonds is 1. The van der Waals surface area contributed by atoms with Gasteiger partial charge in [-0.2, -0.15) is 0 Å². The second kappa shape index (κ2) is 4.13. The van der Waals surface area contributed by atoms with Crippen LogP contribution in [-0.4, -0.2) is 14.9 Å². The number of benzene rings is 2. The third-order valence-corrected chi connectivity index (χ3v) is 2.96. The van der Waals surface area contributed by atoms with E-state index in [4.69, 9.17) is 5.73 Å². The smallest absolute Gasteiger partial charge is 0.294 e. The monoisotopic (exact) mass is 253 g/mol. The normalized spacial score (nSPS) is 10.7. The molecule has 5 heteroatoms. The summed E-state index contributed by atoms with van der Waals surface area (Å²) in [6, 6.07) is 13.8. The molecular weight excluding hydrogens is 242 g/mol. The SMILES string of the molecule is Nc1ccccc1-c1nc2ccccc2c(=O)n1O. The van der Waals surface area contributed by atoms with E-state index in [1.807, 2.05) is 0 Å². The van der Waals surface area contributed by atoms with E-state index in [0.717, 1.165) is 0 Å². The van der Waals surface area contributed by atoms with Gasteiger partial charge in [-0.05, 0) is 24.3 Å². The second-order valence-electron chi connectivity index (χ2n) is 4.16. The zero-order valence-electron chi connectivity index (χ0n) is 9.95. The third kappa shape index (κ3) is 1.72. The highest BCUT2D eigenvalue weighted by Crippen LogP contribution is 2.23. The van der Waals surface area contributed by atoms with E-state index >= 15 is 0 Å². The van der Waals surface area contributed by atoms with Crippen molar-refractivity contribution in [3.63, 3.8) is 0 Å². The summed E-state index contributed by atoms with van der Waals surface area (Å²) < 4.78 is 0.536. The molecule has 94 valence electrons.